The summed E-state index contributed by atoms with van der Waals surface area (Å²) in [6, 6.07) is 9.11. The van der Waals surface area contributed by atoms with Gasteiger partial charge in [-0.3, -0.25) is 0 Å². The Hall–Kier alpha value is -0.930. The van der Waals surface area contributed by atoms with Crippen LogP contribution < -0.4 is 5.73 Å². The fourth-order valence-corrected chi connectivity index (χ4v) is 1.72. The van der Waals surface area contributed by atoms with Crippen LogP contribution in [0.4, 0.5) is 5.69 Å². The van der Waals surface area contributed by atoms with Crippen LogP contribution in [0.2, 0.25) is 5.02 Å². The summed E-state index contributed by atoms with van der Waals surface area (Å²) in [7, 11) is 0. The molecule has 0 aliphatic rings. The Morgan fingerprint density at radius 3 is 2.64 bits per heavy atom. The highest BCUT2D eigenvalue weighted by atomic mass is 79.9. The van der Waals surface area contributed by atoms with Crippen LogP contribution in [0.5, 0.6) is 0 Å². The standard InChI is InChI=1S/C10H7BrClNO/c11-9-5-4-8(14-9)6-2-1-3-7(13)10(6)12/h1-5H,13H2. The molecule has 1 aromatic heterocycles. The van der Waals surface area contributed by atoms with Crippen molar-refractivity contribution in [3.05, 3.63) is 40.0 Å². The van der Waals surface area contributed by atoms with E-state index in [1.807, 2.05) is 24.3 Å². The van der Waals surface area contributed by atoms with E-state index < -0.39 is 0 Å². The molecule has 0 amide bonds. The largest absolute Gasteiger partial charge is 0.449 e. The molecule has 1 aromatic carbocycles. The third-order valence-electron chi connectivity index (χ3n) is 1.87. The van der Waals surface area contributed by atoms with Gasteiger partial charge in [-0.2, -0.15) is 0 Å². The predicted molar refractivity (Wildman–Crippen MR) is 61.3 cm³/mol. The molecule has 1 heterocycles. The van der Waals surface area contributed by atoms with Gasteiger partial charge in [0.05, 0.1) is 10.7 Å². The Labute approximate surface area is 94.8 Å². The third-order valence-corrected chi connectivity index (χ3v) is 2.72. The molecule has 0 radical (unpaired) electrons. The lowest BCUT2D eigenvalue weighted by atomic mass is 10.1. The van der Waals surface area contributed by atoms with E-state index in [1.54, 1.807) is 6.07 Å². The number of furan rings is 1. The van der Waals surface area contributed by atoms with Crippen molar-refractivity contribution in [2.45, 2.75) is 0 Å². The number of hydrogen-bond acceptors (Lipinski definition) is 2. The average molecular weight is 273 g/mol. The van der Waals surface area contributed by atoms with Crippen molar-refractivity contribution in [3.63, 3.8) is 0 Å². The first-order chi connectivity index (χ1) is 6.68. The molecule has 2 nitrogen and oxygen atoms in total. The van der Waals surface area contributed by atoms with Crippen LogP contribution in [-0.4, -0.2) is 0 Å². The fraction of sp³-hybridized carbons (Fsp3) is 0. The van der Waals surface area contributed by atoms with Gasteiger partial charge in [0.1, 0.15) is 5.76 Å². The van der Waals surface area contributed by atoms with Crippen LogP contribution in [0.1, 0.15) is 0 Å². The Bertz CT molecular complexity index is 467. The van der Waals surface area contributed by atoms with Crippen LogP contribution in [0.15, 0.2) is 39.4 Å². The van der Waals surface area contributed by atoms with Crippen molar-refractivity contribution < 1.29 is 4.42 Å². The van der Waals surface area contributed by atoms with E-state index in [2.05, 4.69) is 15.9 Å². The van der Waals surface area contributed by atoms with E-state index in [0.717, 1.165) is 5.56 Å². The zero-order valence-corrected chi connectivity index (χ0v) is 9.47. The number of anilines is 1. The summed E-state index contributed by atoms with van der Waals surface area (Å²) < 4.78 is 6.05. The third kappa shape index (κ3) is 1.65. The van der Waals surface area contributed by atoms with Crippen molar-refractivity contribution in [2.24, 2.45) is 0 Å². The lowest BCUT2D eigenvalue weighted by Crippen LogP contribution is -1.87. The molecule has 14 heavy (non-hydrogen) atoms. The molecule has 0 saturated heterocycles. The van der Waals surface area contributed by atoms with E-state index in [0.29, 0.717) is 21.1 Å². The summed E-state index contributed by atoms with van der Waals surface area (Å²) in [5, 5.41) is 0.523. The molecule has 0 fully saturated rings. The van der Waals surface area contributed by atoms with Gasteiger partial charge < -0.3 is 10.2 Å². The fourth-order valence-electron chi connectivity index (χ4n) is 1.20. The summed E-state index contributed by atoms with van der Waals surface area (Å²) in [6.07, 6.45) is 0. The maximum atomic E-state index is 6.04. The molecule has 4 heteroatoms. The van der Waals surface area contributed by atoms with Crippen molar-refractivity contribution in [2.75, 3.05) is 5.73 Å². The zero-order chi connectivity index (χ0) is 10.1. The van der Waals surface area contributed by atoms with Crippen molar-refractivity contribution in [1.29, 1.82) is 0 Å². The second-order valence-corrected chi connectivity index (χ2v) is 3.97. The van der Waals surface area contributed by atoms with Crippen LogP contribution >= 0.6 is 27.5 Å². The molecule has 0 aliphatic carbocycles. The molecule has 0 spiro atoms. The maximum Gasteiger partial charge on any atom is 0.169 e. The normalized spacial score (nSPS) is 10.4. The van der Waals surface area contributed by atoms with Gasteiger partial charge in [0.15, 0.2) is 4.67 Å². The lowest BCUT2D eigenvalue weighted by Gasteiger charge is -2.02. The monoisotopic (exact) mass is 271 g/mol. The van der Waals surface area contributed by atoms with Gasteiger partial charge in [0.2, 0.25) is 0 Å². The van der Waals surface area contributed by atoms with Gasteiger partial charge in [-0.15, -0.1) is 0 Å². The average Bonchev–Trinajstić information content (AvgIpc) is 2.57. The summed E-state index contributed by atoms with van der Waals surface area (Å²) >= 11 is 9.27. The number of nitrogen functional groups attached to an aromatic ring is 1. The summed E-state index contributed by atoms with van der Waals surface area (Å²) in [6.45, 7) is 0. The van der Waals surface area contributed by atoms with Gasteiger partial charge in [-0.05, 0) is 40.2 Å². The first-order valence-electron chi connectivity index (χ1n) is 3.98. The Morgan fingerprint density at radius 1 is 1.21 bits per heavy atom. The van der Waals surface area contributed by atoms with Crippen LogP contribution in [0.25, 0.3) is 11.3 Å². The van der Waals surface area contributed by atoms with Crippen molar-refractivity contribution in [3.8, 4) is 11.3 Å². The molecule has 0 aliphatic heterocycles. The van der Waals surface area contributed by atoms with Crippen LogP contribution in [-0.2, 0) is 0 Å². The van der Waals surface area contributed by atoms with Gasteiger partial charge in [0.25, 0.3) is 0 Å². The SMILES string of the molecule is Nc1cccc(-c2ccc(Br)o2)c1Cl. The highest BCUT2D eigenvalue weighted by molar-refractivity contribution is 9.10. The quantitative estimate of drug-likeness (QED) is 0.799. The summed E-state index contributed by atoms with van der Waals surface area (Å²) in [4.78, 5) is 0. The highest BCUT2D eigenvalue weighted by Crippen LogP contribution is 2.33. The van der Waals surface area contributed by atoms with Gasteiger partial charge in [0, 0.05) is 5.56 Å². The Kier molecular flexibility index (Phi) is 2.52. The first-order valence-corrected chi connectivity index (χ1v) is 5.15. The number of nitrogens with two attached hydrogens (primary N) is 1. The van der Waals surface area contributed by atoms with E-state index in [4.69, 9.17) is 21.8 Å². The van der Waals surface area contributed by atoms with E-state index in [-0.39, 0.29) is 0 Å². The minimum absolute atomic E-state index is 0.523. The zero-order valence-electron chi connectivity index (χ0n) is 7.13. The minimum atomic E-state index is 0.523. The van der Waals surface area contributed by atoms with E-state index in [1.165, 1.54) is 0 Å². The number of benzene rings is 1. The molecule has 2 aromatic rings. The Balaban J connectivity index is 2.57. The van der Waals surface area contributed by atoms with Gasteiger partial charge in [-0.1, -0.05) is 17.7 Å². The van der Waals surface area contributed by atoms with E-state index in [9.17, 15) is 0 Å². The van der Waals surface area contributed by atoms with Crippen molar-refractivity contribution in [1.82, 2.24) is 0 Å². The first kappa shape index (κ1) is 9.62. The van der Waals surface area contributed by atoms with Crippen LogP contribution in [0.3, 0.4) is 0 Å². The second kappa shape index (κ2) is 3.67. The molecular weight excluding hydrogens is 265 g/mol. The smallest absolute Gasteiger partial charge is 0.169 e. The molecule has 72 valence electrons. The topological polar surface area (TPSA) is 39.2 Å². The van der Waals surface area contributed by atoms with Gasteiger partial charge in [-0.25, -0.2) is 0 Å². The number of hydrogen-bond donors (Lipinski definition) is 1. The molecule has 0 bridgehead atoms. The predicted octanol–water partition coefficient (Wildman–Crippen LogP) is 3.94. The molecule has 0 unspecified atom stereocenters. The molecular formula is C10H7BrClNO. The van der Waals surface area contributed by atoms with E-state index >= 15 is 0 Å². The number of rotatable bonds is 1. The molecule has 0 atom stereocenters. The molecule has 2 N–H and O–H groups in total. The van der Waals surface area contributed by atoms with Crippen molar-refractivity contribution >= 4 is 33.2 Å². The summed E-state index contributed by atoms with van der Waals surface area (Å²) in [5.41, 5.74) is 7.04. The number of halogens is 2. The Morgan fingerprint density at radius 2 is 2.00 bits per heavy atom. The van der Waals surface area contributed by atoms with Crippen LogP contribution in [0, 0.1) is 0 Å². The second-order valence-electron chi connectivity index (χ2n) is 2.81. The summed E-state index contributed by atoms with van der Waals surface area (Å²) in [5.74, 6) is 0.703. The maximum absolute atomic E-state index is 6.04. The molecule has 0 saturated carbocycles. The highest BCUT2D eigenvalue weighted by Gasteiger charge is 2.09. The minimum Gasteiger partial charge on any atom is -0.449 e. The lowest BCUT2D eigenvalue weighted by molar-refractivity contribution is 0.556. The van der Waals surface area contributed by atoms with Gasteiger partial charge >= 0.3 is 0 Å². The molecule has 2 rings (SSSR count).